The van der Waals surface area contributed by atoms with Gasteiger partial charge in [0.1, 0.15) is 18.8 Å². The van der Waals surface area contributed by atoms with Gasteiger partial charge in [-0.15, -0.1) is 0 Å². The van der Waals surface area contributed by atoms with Crippen molar-refractivity contribution in [3.05, 3.63) is 0 Å². The molecule has 0 heterocycles. The maximum absolute atomic E-state index is 11.2. The molecule has 4 N–H and O–H groups in total. The highest BCUT2D eigenvalue weighted by atomic mass is 16.6. The van der Waals surface area contributed by atoms with Gasteiger partial charge in [-0.1, -0.05) is 0 Å². The summed E-state index contributed by atoms with van der Waals surface area (Å²) < 4.78 is 9.50. The summed E-state index contributed by atoms with van der Waals surface area (Å²) in [7, 11) is 0. The van der Waals surface area contributed by atoms with E-state index in [0.717, 1.165) is 0 Å². The van der Waals surface area contributed by atoms with Gasteiger partial charge in [0.05, 0.1) is 19.8 Å². The van der Waals surface area contributed by atoms with Crippen LogP contribution in [0.5, 0.6) is 0 Å². The van der Waals surface area contributed by atoms with Gasteiger partial charge in [0.15, 0.2) is 6.10 Å². The smallest absolute Gasteiger partial charge is 0.335 e. The van der Waals surface area contributed by atoms with Crippen LogP contribution in [0.15, 0.2) is 0 Å². The molecule has 0 spiro atoms. The molecule has 0 saturated heterocycles. The first-order chi connectivity index (χ1) is 7.51. The zero-order valence-corrected chi connectivity index (χ0v) is 9.07. The summed E-state index contributed by atoms with van der Waals surface area (Å²) in [6.07, 6.45) is -3.07. The van der Waals surface area contributed by atoms with Crippen LogP contribution in [-0.4, -0.2) is 71.1 Å². The van der Waals surface area contributed by atoms with Gasteiger partial charge in [0, 0.05) is 0 Å². The number of ether oxygens (including phenoxy) is 2. The Labute approximate surface area is 93.2 Å². The van der Waals surface area contributed by atoms with Crippen LogP contribution < -0.4 is 0 Å². The number of carbonyl (C=O) groups is 1. The van der Waals surface area contributed by atoms with Crippen LogP contribution in [0.3, 0.4) is 0 Å². The molecule has 0 aliphatic heterocycles. The fraction of sp³-hybridized carbons (Fsp3) is 0.889. The summed E-state index contributed by atoms with van der Waals surface area (Å²) >= 11 is 0. The lowest BCUT2D eigenvalue weighted by molar-refractivity contribution is -0.161. The molecule has 0 rings (SSSR count). The Bertz CT molecular complexity index is 196. The topological polar surface area (TPSA) is 116 Å². The normalized spacial score (nSPS) is 16.6. The van der Waals surface area contributed by atoms with E-state index >= 15 is 0 Å². The van der Waals surface area contributed by atoms with Gasteiger partial charge in [-0.25, -0.2) is 4.79 Å². The lowest BCUT2D eigenvalue weighted by Crippen LogP contribution is -2.31. The van der Waals surface area contributed by atoms with Crippen LogP contribution in [0.1, 0.15) is 6.92 Å². The predicted molar refractivity (Wildman–Crippen MR) is 52.6 cm³/mol. The molecule has 16 heavy (non-hydrogen) atoms. The Morgan fingerprint density at radius 1 is 1.12 bits per heavy atom. The molecule has 0 aromatic carbocycles. The van der Waals surface area contributed by atoms with Crippen molar-refractivity contribution < 1.29 is 34.7 Å². The first kappa shape index (κ1) is 15.3. The minimum atomic E-state index is -1.11. The number of rotatable bonds is 8. The molecule has 0 saturated carbocycles. The zero-order chi connectivity index (χ0) is 12.6. The molecule has 0 aromatic heterocycles. The zero-order valence-electron chi connectivity index (χ0n) is 9.07. The van der Waals surface area contributed by atoms with Crippen molar-refractivity contribution in [3.63, 3.8) is 0 Å². The van der Waals surface area contributed by atoms with E-state index in [-0.39, 0.29) is 13.2 Å². The Hall–Kier alpha value is -0.730. The first-order valence-electron chi connectivity index (χ1n) is 4.87. The average Bonchev–Trinajstić information content (AvgIpc) is 2.31. The lowest BCUT2D eigenvalue weighted by Gasteiger charge is -2.15. The third kappa shape index (κ3) is 6.70. The summed E-state index contributed by atoms with van der Waals surface area (Å²) in [5.41, 5.74) is 0. The molecule has 96 valence electrons. The van der Waals surface area contributed by atoms with Gasteiger partial charge in [0.2, 0.25) is 0 Å². The van der Waals surface area contributed by atoms with Crippen LogP contribution in [0.4, 0.5) is 0 Å². The monoisotopic (exact) mass is 238 g/mol. The van der Waals surface area contributed by atoms with Crippen LogP contribution >= 0.6 is 0 Å². The highest BCUT2D eigenvalue weighted by molar-refractivity contribution is 5.74. The van der Waals surface area contributed by atoms with E-state index in [0.29, 0.717) is 0 Å². The molecule has 0 bridgehead atoms. The molecule has 3 atom stereocenters. The molecule has 0 radical (unpaired) electrons. The van der Waals surface area contributed by atoms with Gasteiger partial charge < -0.3 is 29.9 Å². The minimum absolute atomic E-state index is 0.185. The molecular weight excluding hydrogens is 220 g/mol. The van der Waals surface area contributed by atoms with Gasteiger partial charge in [0.25, 0.3) is 0 Å². The van der Waals surface area contributed by atoms with Gasteiger partial charge in [-0.05, 0) is 6.92 Å². The second kappa shape index (κ2) is 8.43. The number of esters is 1. The van der Waals surface area contributed by atoms with Crippen molar-refractivity contribution in [3.8, 4) is 0 Å². The highest BCUT2D eigenvalue weighted by Gasteiger charge is 2.17. The van der Waals surface area contributed by atoms with Crippen molar-refractivity contribution >= 4 is 5.97 Å². The largest absolute Gasteiger partial charge is 0.461 e. The Kier molecular flexibility index (Phi) is 8.04. The van der Waals surface area contributed by atoms with Crippen molar-refractivity contribution in [2.75, 3.05) is 26.4 Å². The standard InChI is InChI=1S/C9H18O7/c1-6(15-4-7(12)2-10)9(14)16-5-8(13)3-11/h6-8,10-13H,2-5H2,1H3. The van der Waals surface area contributed by atoms with Crippen LogP contribution in [0, 0.1) is 0 Å². The molecular formula is C9H18O7. The number of hydrogen-bond acceptors (Lipinski definition) is 7. The summed E-state index contributed by atoms with van der Waals surface area (Å²) in [6.45, 7) is -0.0323. The summed E-state index contributed by atoms with van der Waals surface area (Å²) in [4.78, 5) is 11.2. The van der Waals surface area contributed by atoms with E-state index < -0.39 is 37.5 Å². The first-order valence-corrected chi connectivity index (χ1v) is 4.87. The second-order valence-corrected chi connectivity index (χ2v) is 3.28. The Morgan fingerprint density at radius 3 is 2.12 bits per heavy atom. The number of aliphatic hydroxyl groups is 4. The second-order valence-electron chi connectivity index (χ2n) is 3.28. The molecule has 7 heteroatoms. The SMILES string of the molecule is CC(OCC(O)CO)C(=O)OCC(O)CO. The quantitative estimate of drug-likeness (QED) is 0.349. The summed E-state index contributed by atoms with van der Waals surface area (Å²) in [5.74, 6) is -0.711. The third-order valence-electron chi connectivity index (χ3n) is 1.71. The van der Waals surface area contributed by atoms with Crippen molar-refractivity contribution in [2.24, 2.45) is 0 Å². The predicted octanol–water partition coefficient (Wildman–Crippen LogP) is -2.36. The van der Waals surface area contributed by atoms with Crippen molar-refractivity contribution in [1.82, 2.24) is 0 Å². The van der Waals surface area contributed by atoms with Gasteiger partial charge in [-0.2, -0.15) is 0 Å². The molecule has 0 aliphatic rings. The molecule has 0 fully saturated rings. The molecule has 3 unspecified atom stereocenters. The van der Waals surface area contributed by atoms with Crippen LogP contribution in [0.25, 0.3) is 0 Å². The van der Waals surface area contributed by atoms with E-state index in [9.17, 15) is 4.79 Å². The lowest BCUT2D eigenvalue weighted by atomic mass is 10.3. The van der Waals surface area contributed by atoms with Crippen LogP contribution in [-0.2, 0) is 14.3 Å². The number of carbonyl (C=O) groups excluding carboxylic acids is 1. The molecule has 0 amide bonds. The minimum Gasteiger partial charge on any atom is -0.461 e. The Balaban J connectivity index is 3.73. The Morgan fingerprint density at radius 2 is 1.62 bits per heavy atom. The molecule has 0 aliphatic carbocycles. The van der Waals surface area contributed by atoms with Crippen molar-refractivity contribution in [2.45, 2.75) is 25.2 Å². The summed E-state index contributed by atoms with van der Waals surface area (Å²) in [6, 6.07) is 0. The van der Waals surface area contributed by atoms with E-state index in [4.69, 9.17) is 25.2 Å². The van der Waals surface area contributed by atoms with E-state index in [1.54, 1.807) is 0 Å². The fourth-order valence-corrected chi connectivity index (χ4v) is 0.725. The fourth-order valence-electron chi connectivity index (χ4n) is 0.725. The van der Waals surface area contributed by atoms with Crippen LogP contribution in [0.2, 0.25) is 0 Å². The maximum atomic E-state index is 11.2. The van der Waals surface area contributed by atoms with Gasteiger partial charge >= 0.3 is 5.97 Å². The number of hydrogen-bond donors (Lipinski definition) is 4. The van der Waals surface area contributed by atoms with Crippen molar-refractivity contribution in [1.29, 1.82) is 0 Å². The number of aliphatic hydroxyl groups excluding tert-OH is 4. The summed E-state index contributed by atoms with van der Waals surface area (Å²) in [5, 5.41) is 34.8. The maximum Gasteiger partial charge on any atom is 0.335 e. The third-order valence-corrected chi connectivity index (χ3v) is 1.71. The van der Waals surface area contributed by atoms with E-state index in [2.05, 4.69) is 4.74 Å². The highest BCUT2D eigenvalue weighted by Crippen LogP contribution is 1.97. The van der Waals surface area contributed by atoms with Gasteiger partial charge in [-0.3, -0.25) is 0 Å². The van der Waals surface area contributed by atoms with E-state index in [1.807, 2.05) is 0 Å². The van der Waals surface area contributed by atoms with E-state index in [1.165, 1.54) is 6.92 Å². The molecule has 0 aromatic rings. The average molecular weight is 238 g/mol. The molecule has 7 nitrogen and oxygen atoms in total.